The molecule has 17 heavy (non-hydrogen) atoms. The Balaban J connectivity index is 2.26. The third-order valence-corrected chi connectivity index (χ3v) is 3.44. The summed E-state index contributed by atoms with van der Waals surface area (Å²) in [5.41, 5.74) is 0.378. The summed E-state index contributed by atoms with van der Waals surface area (Å²) in [6.45, 7) is 4.49. The van der Waals surface area contributed by atoms with Gasteiger partial charge in [0, 0.05) is 18.3 Å². The van der Waals surface area contributed by atoms with Crippen molar-refractivity contribution in [2.24, 2.45) is 5.41 Å². The second-order valence-corrected chi connectivity index (χ2v) is 5.78. The van der Waals surface area contributed by atoms with Gasteiger partial charge >= 0.3 is 6.03 Å². The van der Waals surface area contributed by atoms with E-state index in [1.807, 2.05) is 0 Å². The molecule has 0 heterocycles. The number of alkyl halides is 1. The van der Waals surface area contributed by atoms with Gasteiger partial charge in [0.1, 0.15) is 0 Å². The maximum Gasteiger partial charge on any atom is 0.321 e. The number of carbonyl (C=O) groups excluding carboxylic acids is 2. The molecule has 1 aliphatic carbocycles. The molecule has 1 fully saturated rings. The number of amides is 3. The van der Waals surface area contributed by atoms with Gasteiger partial charge in [-0.25, -0.2) is 4.79 Å². The van der Waals surface area contributed by atoms with Gasteiger partial charge in [0.25, 0.3) is 0 Å². The van der Waals surface area contributed by atoms with E-state index in [0.29, 0.717) is 5.41 Å². The van der Waals surface area contributed by atoms with E-state index in [1.54, 1.807) is 0 Å². The number of carbonyl (C=O) groups is 2. The van der Waals surface area contributed by atoms with Gasteiger partial charge in [-0.05, 0) is 31.1 Å². The molecule has 4 nitrogen and oxygen atoms in total. The highest BCUT2D eigenvalue weighted by atomic mass is 35.5. The molecule has 1 aliphatic rings. The third kappa shape index (κ3) is 5.39. The van der Waals surface area contributed by atoms with Crippen molar-refractivity contribution in [1.82, 2.24) is 10.6 Å². The Morgan fingerprint density at radius 2 is 1.88 bits per heavy atom. The average molecular weight is 261 g/mol. The zero-order valence-electron chi connectivity index (χ0n) is 10.5. The average Bonchev–Trinajstić information content (AvgIpc) is 2.21. The molecule has 1 rings (SSSR count). The number of imide groups is 1. The predicted molar refractivity (Wildman–Crippen MR) is 68.0 cm³/mol. The molecule has 3 amide bonds. The Labute approximate surface area is 107 Å². The number of hydrogen-bond acceptors (Lipinski definition) is 2. The lowest BCUT2D eigenvalue weighted by Gasteiger charge is -2.34. The van der Waals surface area contributed by atoms with Crippen LogP contribution in [0.3, 0.4) is 0 Å². The summed E-state index contributed by atoms with van der Waals surface area (Å²) in [4.78, 5) is 22.6. The predicted octanol–water partition coefficient (Wildman–Crippen LogP) is 2.41. The van der Waals surface area contributed by atoms with Gasteiger partial charge in [-0.1, -0.05) is 13.8 Å². The van der Waals surface area contributed by atoms with Crippen LogP contribution in [0.5, 0.6) is 0 Å². The summed E-state index contributed by atoms with van der Waals surface area (Å²) < 4.78 is 0. The molecular formula is C12H21ClN2O2. The SMILES string of the molecule is CC1(C)CCC(NC(=O)NC(=O)CCCl)CC1. The Morgan fingerprint density at radius 1 is 1.29 bits per heavy atom. The maximum absolute atomic E-state index is 11.5. The topological polar surface area (TPSA) is 58.2 Å². The van der Waals surface area contributed by atoms with Crippen molar-refractivity contribution in [3.8, 4) is 0 Å². The lowest BCUT2D eigenvalue weighted by Crippen LogP contribution is -2.46. The van der Waals surface area contributed by atoms with Crippen molar-refractivity contribution in [3.05, 3.63) is 0 Å². The minimum Gasteiger partial charge on any atom is -0.335 e. The fraction of sp³-hybridized carbons (Fsp3) is 0.833. The van der Waals surface area contributed by atoms with Crippen molar-refractivity contribution in [3.63, 3.8) is 0 Å². The monoisotopic (exact) mass is 260 g/mol. The van der Waals surface area contributed by atoms with E-state index >= 15 is 0 Å². The quantitative estimate of drug-likeness (QED) is 0.766. The second kappa shape index (κ2) is 6.24. The van der Waals surface area contributed by atoms with Crippen LogP contribution in [-0.2, 0) is 4.79 Å². The molecule has 1 saturated carbocycles. The highest BCUT2D eigenvalue weighted by Gasteiger charge is 2.27. The third-order valence-electron chi connectivity index (χ3n) is 3.25. The van der Waals surface area contributed by atoms with Gasteiger partial charge < -0.3 is 5.32 Å². The molecule has 0 saturated heterocycles. The van der Waals surface area contributed by atoms with Crippen LogP contribution in [0.25, 0.3) is 0 Å². The van der Waals surface area contributed by atoms with Crippen molar-refractivity contribution >= 4 is 23.5 Å². The van der Waals surface area contributed by atoms with Gasteiger partial charge in [-0.3, -0.25) is 10.1 Å². The number of hydrogen-bond donors (Lipinski definition) is 2. The molecule has 0 radical (unpaired) electrons. The Bertz CT molecular complexity index is 282. The van der Waals surface area contributed by atoms with E-state index in [9.17, 15) is 9.59 Å². The second-order valence-electron chi connectivity index (χ2n) is 5.40. The lowest BCUT2D eigenvalue weighted by atomic mass is 9.76. The molecule has 0 bridgehead atoms. The Morgan fingerprint density at radius 3 is 2.41 bits per heavy atom. The van der Waals surface area contributed by atoms with E-state index in [2.05, 4.69) is 24.5 Å². The highest BCUT2D eigenvalue weighted by molar-refractivity contribution is 6.19. The van der Waals surface area contributed by atoms with Crippen LogP contribution in [0, 0.1) is 5.41 Å². The molecule has 0 atom stereocenters. The molecule has 0 unspecified atom stereocenters. The zero-order chi connectivity index (χ0) is 12.9. The number of rotatable bonds is 3. The smallest absolute Gasteiger partial charge is 0.321 e. The molecule has 98 valence electrons. The molecule has 5 heteroatoms. The first-order chi connectivity index (χ1) is 7.93. The van der Waals surface area contributed by atoms with Crippen LogP contribution in [0.2, 0.25) is 0 Å². The van der Waals surface area contributed by atoms with Gasteiger partial charge in [0.05, 0.1) is 0 Å². The molecule has 0 aliphatic heterocycles. The van der Waals surface area contributed by atoms with Crippen LogP contribution in [-0.4, -0.2) is 23.9 Å². The van der Waals surface area contributed by atoms with Crippen LogP contribution >= 0.6 is 11.6 Å². The summed E-state index contributed by atoms with van der Waals surface area (Å²) in [5, 5.41) is 5.11. The fourth-order valence-electron chi connectivity index (χ4n) is 2.04. The number of halogens is 1. The summed E-state index contributed by atoms with van der Waals surface area (Å²) in [6.07, 6.45) is 4.34. The molecule has 2 N–H and O–H groups in total. The number of nitrogens with one attached hydrogen (secondary N) is 2. The first-order valence-electron chi connectivity index (χ1n) is 6.09. The fourth-order valence-corrected chi connectivity index (χ4v) is 2.21. The normalized spacial score (nSPS) is 19.7. The van der Waals surface area contributed by atoms with Crippen molar-refractivity contribution in [1.29, 1.82) is 0 Å². The van der Waals surface area contributed by atoms with E-state index < -0.39 is 6.03 Å². The van der Waals surface area contributed by atoms with Gasteiger partial charge in [0.2, 0.25) is 5.91 Å². The van der Waals surface area contributed by atoms with Crippen molar-refractivity contribution in [2.45, 2.75) is 52.0 Å². The van der Waals surface area contributed by atoms with Crippen molar-refractivity contribution in [2.75, 3.05) is 5.88 Å². The van der Waals surface area contributed by atoms with Crippen LogP contribution < -0.4 is 10.6 Å². The first kappa shape index (κ1) is 14.3. The number of urea groups is 1. The minimum absolute atomic E-state index is 0.173. The Hall–Kier alpha value is -0.770. The first-order valence-corrected chi connectivity index (χ1v) is 6.63. The minimum atomic E-state index is -0.398. The summed E-state index contributed by atoms with van der Waals surface area (Å²) in [6, 6.07) is -0.211. The Kier molecular flexibility index (Phi) is 5.25. The van der Waals surface area contributed by atoms with Gasteiger partial charge in [-0.2, -0.15) is 0 Å². The maximum atomic E-state index is 11.5. The molecule has 0 spiro atoms. The van der Waals surface area contributed by atoms with Crippen LogP contribution in [0.4, 0.5) is 4.79 Å². The summed E-state index contributed by atoms with van der Waals surface area (Å²) in [7, 11) is 0. The summed E-state index contributed by atoms with van der Waals surface area (Å²) in [5.74, 6) is -0.0925. The highest BCUT2D eigenvalue weighted by Crippen LogP contribution is 2.34. The van der Waals surface area contributed by atoms with Crippen molar-refractivity contribution < 1.29 is 9.59 Å². The molecule has 0 aromatic rings. The molecule has 0 aromatic heterocycles. The zero-order valence-corrected chi connectivity index (χ0v) is 11.3. The standard InChI is InChI=1S/C12H21ClN2O2/c1-12(2)6-3-9(4-7-12)14-11(17)15-10(16)5-8-13/h9H,3-8H2,1-2H3,(H2,14,15,16,17). The van der Waals surface area contributed by atoms with E-state index in [-0.39, 0.29) is 24.2 Å². The van der Waals surface area contributed by atoms with Crippen LogP contribution in [0.15, 0.2) is 0 Å². The summed E-state index contributed by atoms with van der Waals surface area (Å²) >= 11 is 5.41. The lowest BCUT2D eigenvalue weighted by molar-refractivity contribution is -0.119. The van der Waals surface area contributed by atoms with E-state index in [0.717, 1.165) is 25.7 Å². The molecule has 0 aromatic carbocycles. The largest absolute Gasteiger partial charge is 0.335 e. The van der Waals surface area contributed by atoms with Gasteiger partial charge in [0.15, 0.2) is 0 Å². The van der Waals surface area contributed by atoms with E-state index in [4.69, 9.17) is 11.6 Å². The van der Waals surface area contributed by atoms with Gasteiger partial charge in [-0.15, -0.1) is 11.6 Å². The van der Waals surface area contributed by atoms with Crippen LogP contribution in [0.1, 0.15) is 46.0 Å². The van der Waals surface area contributed by atoms with E-state index in [1.165, 1.54) is 0 Å². The molecular weight excluding hydrogens is 240 g/mol.